The predicted molar refractivity (Wildman–Crippen MR) is 45.2 cm³/mol. The molecular weight excluding hydrogens is 195 g/mol. The molecular formula is C9H10F3NO. The van der Waals surface area contributed by atoms with Gasteiger partial charge in [0, 0.05) is 5.69 Å². The predicted octanol–water partition coefficient (Wildman–Crippen LogP) is 2.59. The van der Waals surface area contributed by atoms with Crippen molar-refractivity contribution < 1.29 is 17.9 Å². The summed E-state index contributed by atoms with van der Waals surface area (Å²) in [6, 6.07) is 3.13. The molecule has 0 fully saturated rings. The van der Waals surface area contributed by atoms with Gasteiger partial charge >= 0.3 is 6.18 Å². The van der Waals surface area contributed by atoms with Gasteiger partial charge in [0.1, 0.15) is 5.75 Å². The zero-order valence-electron chi connectivity index (χ0n) is 7.64. The van der Waals surface area contributed by atoms with Crippen LogP contribution in [0.25, 0.3) is 0 Å². The fourth-order valence-corrected chi connectivity index (χ4v) is 0.871. The Morgan fingerprint density at radius 3 is 2.50 bits per heavy atom. The lowest BCUT2D eigenvalue weighted by molar-refractivity contribution is -0.153. The van der Waals surface area contributed by atoms with E-state index < -0.39 is 12.8 Å². The van der Waals surface area contributed by atoms with Gasteiger partial charge in [-0.1, -0.05) is 6.92 Å². The summed E-state index contributed by atoms with van der Waals surface area (Å²) in [5, 5.41) is 0. The lowest BCUT2D eigenvalue weighted by atomic mass is 10.3. The van der Waals surface area contributed by atoms with Crippen molar-refractivity contribution in [1.29, 1.82) is 0 Å². The molecule has 0 spiro atoms. The first-order chi connectivity index (χ1) is 6.51. The summed E-state index contributed by atoms with van der Waals surface area (Å²) in [5.41, 5.74) is 0.823. The standard InChI is InChI=1S/C9H10F3NO/c1-2-7-3-4-8(5-13-7)14-6-9(10,11)12/h3-5H,2,6H2,1H3. The van der Waals surface area contributed by atoms with Crippen LogP contribution in [0.2, 0.25) is 0 Å². The summed E-state index contributed by atoms with van der Waals surface area (Å²) in [6.45, 7) is 0.638. The lowest BCUT2D eigenvalue weighted by Gasteiger charge is -2.08. The number of aromatic nitrogens is 1. The van der Waals surface area contributed by atoms with E-state index in [1.54, 1.807) is 6.07 Å². The summed E-state index contributed by atoms with van der Waals surface area (Å²) < 4.78 is 39.7. The summed E-state index contributed by atoms with van der Waals surface area (Å²) in [7, 11) is 0. The first-order valence-corrected chi connectivity index (χ1v) is 4.16. The van der Waals surface area contributed by atoms with Crippen LogP contribution >= 0.6 is 0 Å². The Balaban J connectivity index is 2.52. The number of rotatable bonds is 3. The molecule has 0 atom stereocenters. The van der Waals surface area contributed by atoms with Crippen LogP contribution in [0.5, 0.6) is 5.75 Å². The first-order valence-electron chi connectivity index (χ1n) is 4.16. The fourth-order valence-electron chi connectivity index (χ4n) is 0.871. The molecule has 0 saturated carbocycles. The van der Waals surface area contributed by atoms with E-state index in [4.69, 9.17) is 0 Å². The molecule has 1 aromatic heterocycles. The van der Waals surface area contributed by atoms with Gasteiger partial charge in [0.25, 0.3) is 0 Å². The highest BCUT2D eigenvalue weighted by Gasteiger charge is 2.28. The molecule has 0 amide bonds. The molecule has 1 rings (SSSR count). The number of alkyl halides is 3. The first kappa shape index (κ1) is 10.8. The van der Waals surface area contributed by atoms with Crippen molar-refractivity contribution in [1.82, 2.24) is 4.98 Å². The average molecular weight is 205 g/mol. The summed E-state index contributed by atoms with van der Waals surface area (Å²) in [5.74, 6) is 0.138. The normalized spacial score (nSPS) is 11.4. The highest BCUT2D eigenvalue weighted by Crippen LogP contribution is 2.17. The number of hydrogen-bond acceptors (Lipinski definition) is 2. The largest absolute Gasteiger partial charge is 0.483 e. The molecule has 78 valence electrons. The third-order valence-electron chi connectivity index (χ3n) is 1.56. The second-order valence-electron chi connectivity index (χ2n) is 2.74. The van der Waals surface area contributed by atoms with Crippen LogP contribution in [-0.2, 0) is 6.42 Å². The minimum absolute atomic E-state index is 0.138. The molecule has 2 nitrogen and oxygen atoms in total. The van der Waals surface area contributed by atoms with E-state index in [1.807, 2.05) is 6.92 Å². The fraction of sp³-hybridized carbons (Fsp3) is 0.444. The number of pyridine rings is 1. The van der Waals surface area contributed by atoms with E-state index >= 15 is 0 Å². The Morgan fingerprint density at radius 1 is 1.36 bits per heavy atom. The van der Waals surface area contributed by atoms with Gasteiger partial charge in [-0.25, -0.2) is 0 Å². The van der Waals surface area contributed by atoms with Crippen molar-refractivity contribution in [2.45, 2.75) is 19.5 Å². The lowest BCUT2D eigenvalue weighted by Crippen LogP contribution is -2.19. The van der Waals surface area contributed by atoms with Crippen LogP contribution in [0.15, 0.2) is 18.3 Å². The van der Waals surface area contributed by atoms with Crippen LogP contribution in [0.4, 0.5) is 13.2 Å². The van der Waals surface area contributed by atoms with Crippen LogP contribution < -0.4 is 4.74 Å². The van der Waals surface area contributed by atoms with E-state index in [0.717, 1.165) is 12.1 Å². The molecule has 0 aliphatic rings. The van der Waals surface area contributed by atoms with E-state index in [1.165, 1.54) is 12.3 Å². The van der Waals surface area contributed by atoms with Crippen molar-refractivity contribution >= 4 is 0 Å². The van der Waals surface area contributed by atoms with Crippen molar-refractivity contribution in [3.63, 3.8) is 0 Å². The third kappa shape index (κ3) is 3.64. The molecule has 0 aliphatic heterocycles. The van der Waals surface area contributed by atoms with Gasteiger partial charge in [-0.15, -0.1) is 0 Å². The highest BCUT2D eigenvalue weighted by atomic mass is 19.4. The van der Waals surface area contributed by atoms with Gasteiger partial charge in [-0.2, -0.15) is 13.2 Å². The second-order valence-corrected chi connectivity index (χ2v) is 2.74. The highest BCUT2D eigenvalue weighted by molar-refractivity contribution is 5.19. The second kappa shape index (κ2) is 4.30. The average Bonchev–Trinajstić information content (AvgIpc) is 2.14. The number of aryl methyl sites for hydroxylation is 1. The molecule has 0 unspecified atom stereocenters. The summed E-state index contributed by atoms with van der Waals surface area (Å²) in [4.78, 5) is 3.91. The van der Waals surface area contributed by atoms with Gasteiger partial charge in [0.2, 0.25) is 0 Å². The monoisotopic (exact) mass is 205 g/mol. The molecule has 0 radical (unpaired) electrons. The van der Waals surface area contributed by atoms with Crippen molar-refractivity contribution in [3.05, 3.63) is 24.0 Å². The van der Waals surface area contributed by atoms with Gasteiger partial charge in [-0.05, 0) is 18.6 Å². The number of nitrogens with zero attached hydrogens (tertiary/aromatic N) is 1. The van der Waals surface area contributed by atoms with Crippen molar-refractivity contribution in [2.24, 2.45) is 0 Å². The van der Waals surface area contributed by atoms with Crippen molar-refractivity contribution in [2.75, 3.05) is 6.61 Å². The Bertz CT molecular complexity index is 281. The summed E-state index contributed by atoms with van der Waals surface area (Å²) in [6.07, 6.45) is -2.26. The molecule has 0 aliphatic carbocycles. The van der Waals surface area contributed by atoms with E-state index in [2.05, 4.69) is 9.72 Å². The molecule has 14 heavy (non-hydrogen) atoms. The van der Waals surface area contributed by atoms with Crippen molar-refractivity contribution in [3.8, 4) is 5.75 Å². The maximum absolute atomic E-state index is 11.7. The van der Waals surface area contributed by atoms with Crippen LogP contribution in [0, 0.1) is 0 Å². The van der Waals surface area contributed by atoms with Crippen LogP contribution in [0.1, 0.15) is 12.6 Å². The zero-order chi connectivity index (χ0) is 10.6. The van der Waals surface area contributed by atoms with Gasteiger partial charge in [0.05, 0.1) is 6.20 Å². The minimum Gasteiger partial charge on any atom is -0.483 e. The topological polar surface area (TPSA) is 22.1 Å². The van der Waals surface area contributed by atoms with Crippen LogP contribution in [0.3, 0.4) is 0 Å². The third-order valence-corrected chi connectivity index (χ3v) is 1.56. The molecule has 0 N–H and O–H groups in total. The van der Waals surface area contributed by atoms with Gasteiger partial charge in [0.15, 0.2) is 6.61 Å². The maximum Gasteiger partial charge on any atom is 0.422 e. The van der Waals surface area contributed by atoms with E-state index in [-0.39, 0.29) is 5.75 Å². The molecule has 1 heterocycles. The van der Waals surface area contributed by atoms with Gasteiger partial charge < -0.3 is 4.74 Å². The number of ether oxygens (including phenoxy) is 1. The van der Waals surface area contributed by atoms with Crippen LogP contribution in [-0.4, -0.2) is 17.8 Å². The minimum atomic E-state index is -4.30. The quantitative estimate of drug-likeness (QED) is 0.756. The Hall–Kier alpha value is -1.26. The zero-order valence-corrected chi connectivity index (χ0v) is 7.64. The molecule has 1 aromatic rings. The molecule has 5 heteroatoms. The molecule has 0 bridgehead atoms. The van der Waals surface area contributed by atoms with E-state index in [0.29, 0.717) is 0 Å². The Kier molecular flexibility index (Phi) is 3.33. The Labute approximate surface area is 79.7 Å². The molecule has 0 aromatic carbocycles. The molecule has 0 saturated heterocycles. The van der Waals surface area contributed by atoms with E-state index in [9.17, 15) is 13.2 Å². The number of hydrogen-bond donors (Lipinski definition) is 0. The Morgan fingerprint density at radius 2 is 2.07 bits per heavy atom. The summed E-state index contributed by atoms with van der Waals surface area (Å²) >= 11 is 0. The number of halogens is 3. The van der Waals surface area contributed by atoms with Gasteiger partial charge in [-0.3, -0.25) is 4.98 Å². The SMILES string of the molecule is CCc1ccc(OCC(F)(F)F)cn1. The smallest absolute Gasteiger partial charge is 0.422 e. The maximum atomic E-state index is 11.7.